The second-order valence-corrected chi connectivity index (χ2v) is 7.86. The van der Waals surface area contributed by atoms with Crippen molar-refractivity contribution in [2.45, 2.75) is 13.0 Å². The van der Waals surface area contributed by atoms with Gasteiger partial charge < -0.3 is 14.7 Å². The van der Waals surface area contributed by atoms with E-state index >= 15 is 0 Å². The lowest BCUT2D eigenvalue weighted by atomic mass is 9.95. The number of carbonyl (C=O) groups excluding carboxylic acids is 2. The van der Waals surface area contributed by atoms with Gasteiger partial charge in [-0.1, -0.05) is 42.0 Å². The van der Waals surface area contributed by atoms with E-state index in [4.69, 9.17) is 4.74 Å². The normalized spacial score (nSPS) is 21.6. The number of rotatable bonds is 5. The maximum atomic E-state index is 13.5. The zero-order chi connectivity index (χ0) is 22.0. The third kappa shape index (κ3) is 4.38. The van der Waals surface area contributed by atoms with Gasteiger partial charge in [0.05, 0.1) is 24.8 Å². The van der Waals surface area contributed by atoms with E-state index in [0.717, 1.165) is 18.7 Å². The van der Waals surface area contributed by atoms with Gasteiger partial charge in [0.25, 0.3) is 11.7 Å². The highest BCUT2D eigenvalue weighted by Gasteiger charge is 2.46. The number of morpholine rings is 1. The van der Waals surface area contributed by atoms with Crippen molar-refractivity contribution < 1.29 is 23.8 Å². The van der Waals surface area contributed by atoms with Gasteiger partial charge in [-0.25, -0.2) is 4.39 Å². The number of hydrogen-bond acceptors (Lipinski definition) is 5. The molecule has 1 atom stereocenters. The van der Waals surface area contributed by atoms with Crippen molar-refractivity contribution in [3.05, 3.63) is 76.6 Å². The predicted octanol–water partition coefficient (Wildman–Crippen LogP) is 2.89. The average molecular weight is 424 g/mol. The van der Waals surface area contributed by atoms with Gasteiger partial charge in [0.15, 0.2) is 0 Å². The maximum Gasteiger partial charge on any atom is 0.295 e. The monoisotopic (exact) mass is 424 g/mol. The second-order valence-electron chi connectivity index (χ2n) is 7.86. The smallest absolute Gasteiger partial charge is 0.295 e. The molecule has 0 radical (unpaired) electrons. The first-order valence-electron chi connectivity index (χ1n) is 10.4. The predicted molar refractivity (Wildman–Crippen MR) is 114 cm³/mol. The molecule has 0 saturated carbocycles. The fourth-order valence-corrected chi connectivity index (χ4v) is 4.04. The molecule has 0 aromatic heterocycles. The highest BCUT2D eigenvalue weighted by atomic mass is 19.1. The lowest BCUT2D eigenvalue weighted by Gasteiger charge is -2.31. The molecule has 2 fully saturated rings. The summed E-state index contributed by atoms with van der Waals surface area (Å²) >= 11 is 0. The Kier molecular flexibility index (Phi) is 6.15. The van der Waals surface area contributed by atoms with E-state index in [2.05, 4.69) is 4.90 Å². The van der Waals surface area contributed by atoms with Gasteiger partial charge in [0.1, 0.15) is 11.6 Å². The van der Waals surface area contributed by atoms with Crippen molar-refractivity contribution >= 4 is 17.4 Å². The number of hydrogen-bond donors (Lipinski definition) is 1. The first kappa shape index (κ1) is 21.2. The SMILES string of the molecule is Cc1ccc(C(O)=C2C(=O)C(=O)N(CCN3CCOCC3)[C@@H]2c2ccc(F)cc2)cc1. The van der Waals surface area contributed by atoms with Crippen LogP contribution < -0.4 is 0 Å². The summed E-state index contributed by atoms with van der Waals surface area (Å²) in [7, 11) is 0. The highest BCUT2D eigenvalue weighted by molar-refractivity contribution is 6.46. The fourth-order valence-electron chi connectivity index (χ4n) is 4.04. The number of Topliss-reactive ketones (excluding diaryl/α,β-unsaturated/α-hetero) is 1. The molecule has 2 aliphatic rings. The Labute approximate surface area is 180 Å². The maximum absolute atomic E-state index is 13.5. The van der Waals surface area contributed by atoms with Gasteiger partial charge in [-0.05, 0) is 24.6 Å². The molecule has 2 heterocycles. The summed E-state index contributed by atoms with van der Waals surface area (Å²) in [6.07, 6.45) is 0. The number of likely N-dealkylation sites (tertiary alicyclic amines) is 1. The van der Waals surface area contributed by atoms with Gasteiger partial charge in [-0.15, -0.1) is 0 Å². The summed E-state index contributed by atoms with van der Waals surface area (Å²) in [6.45, 7) is 5.60. The van der Waals surface area contributed by atoms with Crippen LogP contribution in [0.25, 0.3) is 5.76 Å². The van der Waals surface area contributed by atoms with Gasteiger partial charge in [0.2, 0.25) is 0 Å². The van der Waals surface area contributed by atoms with Crippen LogP contribution in [0.4, 0.5) is 4.39 Å². The lowest BCUT2D eigenvalue weighted by Crippen LogP contribution is -2.42. The van der Waals surface area contributed by atoms with E-state index in [9.17, 15) is 19.1 Å². The molecule has 2 aliphatic heterocycles. The molecule has 0 spiro atoms. The Morgan fingerprint density at radius 3 is 2.32 bits per heavy atom. The van der Waals surface area contributed by atoms with E-state index in [1.807, 2.05) is 19.1 Å². The van der Waals surface area contributed by atoms with E-state index in [-0.39, 0.29) is 11.3 Å². The first-order chi connectivity index (χ1) is 15.0. The van der Waals surface area contributed by atoms with Crippen molar-refractivity contribution in [1.82, 2.24) is 9.80 Å². The van der Waals surface area contributed by atoms with Gasteiger partial charge in [-0.2, -0.15) is 0 Å². The van der Waals surface area contributed by atoms with Crippen LogP contribution in [0.2, 0.25) is 0 Å². The van der Waals surface area contributed by atoms with Crippen LogP contribution in [-0.2, 0) is 14.3 Å². The summed E-state index contributed by atoms with van der Waals surface area (Å²) in [4.78, 5) is 29.6. The average Bonchev–Trinajstić information content (AvgIpc) is 3.04. The summed E-state index contributed by atoms with van der Waals surface area (Å²) < 4.78 is 18.9. The topological polar surface area (TPSA) is 70.1 Å². The number of halogens is 1. The Hall–Kier alpha value is -3.03. The largest absolute Gasteiger partial charge is 0.507 e. The number of ether oxygens (including phenoxy) is 1. The van der Waals surface area contributed by atoms with E-state index in [1.54, 1.807) is 24.3 Å². The van der Waals surface area contributed by atoms with Crippen molar-refractivity contribution in [2.24, 2.45) is 0 Å². The van der Waals surface area contributed by atoms with E-state index in [1.165, 1.54) is 17.0 Å². The zero-order valence-corrected chi connectivity index (χ0v) is 17.4. The molecule has 7 heteroatoms. The highest BCUT2D eigenvalue weighted by Crippen LogP contribution is 2.39. The first-order valence-corrected chi connectivity index (χ1v) is 10.4. The number of benzene rings is 2. The van der Waals surface area contributed by atoms with Gasteiger partial charge in [0, 0.05) is 31.7 Å². The van der Waals surface area contributed by atoms with Crippen LogP contribution in [0.15, 0.2) is 54.1 Å². The zero-order valence-electron chi connectivity index (χ0n) is 17.4. The second kappa shape index (κ2) is 8.99. The number of aryl methyl sites for hydroxylation is 1. The molecule has 2 aromatic rings. The fraction of sp³-hybridized carbons (Fsp3) is 0.333. The number of nitrogens with zero attached hydrogens (tertiary/aromatic N) is 2. The van der Waals surface area contributed by atoms with Gasteiger partial charge in [-0.3, -0.25) is 14.5 Å². The van der Waals surface area contributed by atoms with Crippen LogP contribution in [0.1, 0.15) is 22.7 Å². The van der Waals surface area contributed by atoms with Crippen LogP contribution in [0.3, 0.4) is 0 Å². The van der Waals surface area contributed by atoms with Crippen LogP contribution in [-0.4, -0.2) is 66.0 Å². The quantitative estimate of drug-likeness (QED) is 0.454. The number of aliphatic hydroxyl groups excluding tert-OH is 1. The Bertz CT molecular complexity index is 995. The summed E-state index contributed by atoms with van der Waals surface area (Å²) in [5.41, 5.74) is 2.08. The third-order valence-electron chi connectivity index (χ3n) is 5.81. The van der Waals surface area contributed by atoms with Crippen molar-refractivity contribution in [2.75, 3.05) is 39.4 Å². The molecule has 0 bridgehead atoms. The lowest BCUT2D eigenvalue weighted by molar-refractivity contribution is -0.140. The van der Waals surface area contributed by atoms with Crippen LogP contribution in [0, 0.1) is 12.7 Å². The minimum Gasteiger partial charge on any atom is -0.507 e. The summed E-state index contributed by atoms with van der Waals surface area (Å²) in [6, 6.07) is 12.0. The van der Waals surface area contributed by atoms with E-state index in [0.29, 0.717) is 37.4 Å². The molecule has 1 N–H and O–H groups in total. The van der Waals surface area contributed by atoms with Crippen LogP contribution >= 0.6 is 0 Å². The van der Waals surface area contributed by atoms with E-state index < -0.39 is 23.5 Å². The molecule has 2 aromatic carbocycles. The summed E-state index contributed by atoms with van der Waals surface area (Å²) in [5.74, 6) is -2.01. The molecule has 0 unspecified atom stereocenters. The van der Waals surface area contributed by atoms with Gasteiger partial charge >= 0.3 is 0 Å². The minimum atomic E-state index is -0.775. The minimum absolute atomic E-state index is 0.0300. The molecule has 31 heavy (non-hydrogen) atoms. The molecule has 4 rings (SSSR count). The molecule has 162 valence electrons. The Balaban J connectivity index is 1.72. The Morgan fingerprint density at radius 2 is 1.68 bits per heavy atom. The number of amides is 1. The number of aliphatic hydroxyl groups is 1. The number of carbonyl (C=O) groups is 2. The molecule has 6 nitrogen and oxygen atoms in total. The standard InChI is InChI=1S/C24H25FN2O4/c1-16-2-4-18(5-3-16)22(28)20-21(17-6-8-19(25)9-7-17)27(24(30)23(20)29)11-10-26-12-14-31-15-13-26/h2-9,21,28H,10-15H2,1H3/t21-/m1/s1. The summed E-state index contributed by atoms with van der Waals surface area (Å²) in [5, 5.41) is 11.0. The number of ketones is 1. The molecular weight excluding hydrogens is 399 g/mol. The molecule has 1 amide bonds. The Morgan fingerprint density at radius 1 is 1.03 bits per heavy atom. The molecule has 2 saturated heterocycles. The van der Waals surface area contributed by atoms with Crippen molar-refractivity contribution in [3.8, 4) is 0 Å². The van der Waals surface area contributed by atoms with Crippen LogP contribution in [0.5, 0.6) is 0 Å². The van der Waals surface area contributed by atoms with Crippen molar-refractivity contribution in [3.63, 3.8) is 0 Å². The molecule has 0 aliphatic carbocycles. The van der Waals surface area contributed by atoms with Crippen molar-refractivity contribution in [1.29, 1.82) is 0 Å². The molecular formula is C24H25FN2O4. The third-order valence-corrected chi connectivity index (χ3v) is 5.81.